The Labute approximate surface area is 96.6 Å². The molecule has 3 rings (SSSR count). The van der Waals surface area contributed by atoms with Crippen molar-refractivity contribution in [2.24, 2.45) is 0 Å². The van der Waals surface area contributed by atoms with Crippen molar-refractivity contribution in [3.05, 3.63) is 23.8 Å². The highest BCUT2D eigenvalue weighted by atomic mass is 16.7. The van der Waals surface area contributed by atoms with Gasteiger partial charge in [0.25, 0.3) is 5.79 Å². The minimum absolute atomic E-state index is 0.341. The summed E-state index contributed by atoms with van der Waals surface area (Å²) in [5.41, 5.74) is 1.23. The van der Waals surface area contributed by atoms with Crippen molar-refractivity contribution in [2.45, 2.75) is 51.2 Å². The fourth-order valence-corrected chi connectivity index (χ4v) is 2.67. The topological polar surface area (TPSA) is 18.5 Å². The molecule has 0 aromatic heterocycles. The van der Waals surface area contributed by atoms with Gasteiger partial charge in [0.15, 0.2) is 11.5 Å². The van der Waals surface area contributed by atoms with Crippen molar-refractivity contribution in [1.82, 2.24) is 0 Å². The van der Waals surface area contributed by atoms with Crippen molar-refractivity contribution in [3.63, 3.8) is 0 Å². The second-order valence-corrected chi connectivity index (χ2v) is 4.98. The lowest BCUT2D eigenvalue weighted by atomic mass is 10.1. The summed E-state index contributed by atoms with van der Waals surface area (Å²) in [5, 5.41) is 0. The highest BCUT2D eigenvalue weighted by Gasteiger charge is 2.41. The number of aryl methyl sites for hydroxylation is 1. The van der Waals surface area contributed by atoms with Crippen LogP contribution in [0, 0.1) is 6.92 Å². The number of hydrogen-bond donors (Lipinski definition) is 0. The summed E-state index contributed by atoms with van der Waals surface area (Å²) in [6.45, 7) is 2.09. The minimum Gasteiger partial charge on any atom is -0.448 e. The van der Waals surface area contributed by atoms with E-state index in [0.717, 1.165) is 24.3 Å². The van der Waals surface area contributed by atoms with Crippen molar-refractivity contribution < 1.29 is 9.47 Å². The van der Waals surface area contributed by atoms with E-state index in [1.165, 1.54) is 31.2 Å². The van der Waals surface area contributed by atoms with Gasteiger partial charge in [-0.15, -0.1) is 0 Å². The van der Waals surface area contributed by atoms with Crippen LogP contribution in [0.3, 0.4) is 0 Å². The molecule has 0 bridgehead atoms. The van der Waals surface area contributed by atoms with Crippen molar-refractivity contribution in [1.29, 1.82) is 0 Å². The molecule has 1 heterocycles. The average molecular weight is 218 g/mol. The normalized spacial score (nSPS) is 22.1. The predicted molar refractivity (Wildman–Crippen MR) is 62.9 cm³/mol. The summed E-state index contributed by atoms with van der Waals surface area (Å²) < 4.78 is 12.1. The second kappa shape index (κ2) is 3.69. The van der Waals surface area contributed by atoms with Gasteiger partial charge in [-0.2, -0.15) is 0 Å². The molecule has 0 unspecified atom stereocenters. The van der Waals surface area contributed by atoms with Gasteiger partial charge in [-0.25, -0.2) is 0 Å². The first-order valence-corrected chi connectivity index (χ1v) is 6.26. The molecule has 1 spiro atoms. The molecule has 0 radical (unpaired) electrons. The lowest BCUT2D eigenvalue weighted by molar-refractivity contribution is -0.0900. The Kier molecular flexibility index (Phi) is 2.31. The summed E-state index contributed by atoms with van der Waals surface area (Å²) in [4.78, 5) is 0. The summed E-state index contributed by atoms with van der Waals surface area (Å²) >= 11 is 0. The van der Waals surface area contributed by atoms with Crippen LogP contribution in [0.1, 0.15) is 44.1 Å². The van der Waals surface area contributed by atoms with Gasteiger partial charge in [0.2, 0.25) is 0 Å². The molecule has 0 atom stereocenters. The number of hydrogen-bond acceptors (Lipinski definition) is 2. The van der Waals surface area contributed by atoms with Gasteiger partial charge in [0.1, 0.15) is 0 Å². The van der Waals surface area contributed by atoms with Gasteiger partial charge >= 0.3 is 0 Å². The third kappa shape index (κ3) is 1.66. The summed E-state index contributed by atoms with van der Waals surface area (Å²) in [5.74, 6) is 1.52. The van der Waals surface area contributed by atoms with E-state index in [2.05, 4.69) is 19.1 Å². The SMILES string of the molecule is Cc1ccc2c(c1)OC1(CCCCCC1)O2. The van der Waals surface area contributed by atoms with E-state index in [9.17, 15) is 0 Å². The first kappa shape index (κ1) is 10.0. The molecule has 1 aliphatic carbocycles. The van der Waals surface area contributed by atoms with Crippen LogP contribution in [0.25, 0.3) is 0 Å². The molecule has 2 heteroatoms. The van der Waals surface area contributed by atoms with E-state index in [1.807, 2.05) is 6.07 Å². The van der Waals surface area contributed by atoms with Gasteiger partial charge in [-0.3, -0.25) is 0 Å². The molecular weight excluding hydrogens is 200 g/mol. The first-order chi connectivity index (χ1) is 7.77. The minimum atomic E-state index is -0.341. The van der Waals surface area contributed by atoms with E-state index in [1.54, 1.807) is 0 Å². The smallest absolute Gasteiger partial charge is 0.251 e. The van der Waals surface area contributed by atoms with Gasteiger partial charge in [-0.05, 0) is 37.5 Å². The monoisotopic (exact) mass is 218 g/mol. The van der Waals surface area contributed by atoms with Crippen LogP contribution in [0.5, 0.6) is 11.5 Å². The molecule has 86 valence electrons. The number of ether oxygens (including phenoxy) is 2. The van der Waals surface area contributed by atoms with Gasteiger partial charge < -0.3 is 9.47 Å². The molecular formula is C14H18O2. The van der Waals surface area contributed by atoms with Gasteiger partial charge in [0.05, 0.1) is 0 Å². The molecule has 2 nitrogen and oxygen atoms in total. The maximum atomic E-state index is 6.07. The van der Waals surface area contributed by atoms with Crippen LogP contribution in [0.2, 0.25) is 0 Å². The van der Waals surface area contributed by atoms with E-state index >= 15 is 0 Å². The summed E-state index contributed by atoms with van der Waals surface area (Å²) in [6, 6.07) is 6.19. The fraction of sp³-hybridized carbons (Fsp3) is 0.571. The first-order valence-electron chi connectivity index (χ1n) is 6.26. The Balaban J connectivity index is 1.87. The van der Waals surface area contributed by atoms with Crippen LogP contribution in [0.15, 0.2) is 18.2 Å². The van der Waals surface area contributed by atoms with Crippen LogP contribution < -0.4 is 9.47 Å². The second-order valence-electron chi connectivity index (χ2n) is 4.98. The van der Waals surface area contributed by atoms with Crippen LogP contribution in [-0.4, -0.2) is 5.79 Å². The molecule has 1 saturated carbocycles. The highest BCUT2D eigenvalue weighted by molar-refractivity contribution is 5.45. The maximum Gasteiger partial charge on any atom is 0.251 e. The Morgan fingerprint density at radius 3 is 2.38 bits per heavy atom. The van der Waals surface area contributed by atoms with Crippen LogP contribution >= 0.6 is 0 Å². The molecule has 0 saturated heterocycles. The van der Waals surface area contributed by atoms with Crippen molar-refractivity contribution in [2.75, 3.05) is 0 Å². The molecule has 0 amide bonds. The molecule has 0 N–H and O–H groups in total. The Hall–Kier alpha value is -1.18. The predicted octanol–water partition coefficient (Wildman–Crippen LogP) is 3.82. The lowest BCUT2D eigenvalue weighted by Crippen LogP contribution is -2.37. The molecule has 1 aromatic carbocycles. The third-order valence-corrected chi connectivity index (χ3v) is 3.56. The molecule has 1 aliphatic heterocycles. The number of fused-ring (bicyclic) bond motifs is 1. The van der Waals surface area contributed by atoms with Gasteiger partial charge in [-0.1, -0.05) is 18.9 Å². The van der Waals surface area contributed by atoms with E-state index < -0.39 is 0 Å². The zero-order valence-corrected chi connectivity index (χ0v) is 9.79. The highest BCUT2D eigenvalue weighted by Crippen LogP contribution is 2.45. The third-order valence-electron chi connectivity index (χ3n) is 3.56. The molecule has 2 aliphatic rings. The standard InChI is InChI=1S/C14H18O2/c1-11-6-7-12-13(10-11)16-14(15-12)8-4-2-3-5-9-14/h6-7,10H,2-5,8-9H2,1H3. The maximum absolute atomic E-state index is 6.07. The van der Waals surface area contributed by atoms with Crippen LogP contribution in [0.4, 0.5) is 0 Å². The summed E-state index contributed by atoms with van der Waals surface area (Å²) in [7, 11) is 0. The quantitative estimate of drug-likeness (QED) is 0.659. The molecule has 1 aromatic rings. The van der Waals surface area contributed by atoms with E-state index in [0.29, 0.717) is 0 Å². The Bertz CT molecular complexity index is 390. The fourth-order valence-electron chi connectivity index (χ4n) is 2.67. The largest absolute Gasteiger partial charge is 0.448 e. The average Bonchev–Trinajstić information content (AvgIpc) is 2.44. The van der Waals surface area contributed by atoms with Crippen molar-refractivity contribution >= 4 is 0 Å². The summed E-state index contributed by atoms with van der Waals surface area (Å²) in [6.07, 6.45) is 7.11. The number of rotatable bonds is 0. The van der Waals surface area contributed by atoms with Crippen molar-refractivity contribution in [3.8, 4) is 11.5 Å². The Morgan fingerprint density at radius 1 is 0.938 bits per heavy atom. The zero-order valence-electron chi connectivity index (χ0n) is 9.79. The van der Waals surface area contributed by atoms with Crippen LogP contribution in [-0.2, 0) is 0 Å². The van der Waals surface area contributed by atoms with E-state index in [-0.39, 0.29) is 5.79 Å². The van der Waals surface area contributed by atoms with Gasteiger partial charge in [0, 0.05) is 12.8 Å². The zero-order chi connectivity index (χ0) is 11.0. The lowest BCUT2D eigenvalue weighted by Gasteiger charge is -2.25. The van der Waals surface area contributed by atoms with E-state index in [4.69, 9.17) is 9.47 Å². The molecule has 1 fully saturated rings. The Morgan fingerprint density at radius 2 is 1.62 bits per heavy atom. The number of benzene rings is 1. The molecule has 16 heavy (non-hydrogen) atoms.